The first-order valence-corrected chi connectivity index (χ1v) is 13.3. The minimum atomic E-state index is -3.70. The Bertz CT molecular complexity index is 1210. The number of fused-ring (bicyclic) bond motifs is 1. The summed E-state index contributed by atoms with van der Waals surface area (Å²) in [5, 5.41) is 5.75. The fraction of sp³-hybridized carbons (Fsp3) is 0.385. The highest BCUT2D eigenvalue weighted by Crippen LogP contribution is 2.26. The lowest BCUT2D eigenvalue weighted by Gasteiger charge is -2.36. The normalized spacial score (nSPS) is 20.3. The third-order valence-electron chi connectivity index (χ3n) is 6.56. The van der Waals surface area contributed by atoms with Gasteiger partial charge in [0.1, 0.15) is 5.75 Å². The van der Waals surface area contributed by atoms with Crippen LogP contribution in [-0.2, 0) is 27.8 Å². The van der Waals surface area contributed by atoms with Crippen LogP contribution in [0.15, 0.2) is 60.0 Å². The lowest BCUT2D eigenvalue weighted by atomic mass is 9.95. The molecule has 0 aromatic heterocycles. The van der Waals surface area contributed by atoms with Crippen LogP contribution >= 0.6 is 0 Å². The molecule has 8 nitrogen and oxygen atoms in total. The molecular formula is C26H31N3O5S. The number of hydrogen-bond donors (Lipinski definition) is 2. The summed E-state index contributed by atoms with van der Waals surface area (Å²) in [6, 6.07) is 11.8. The summed E-state index contributed by atoms with van der Waals surface area (Å²) >= 11 is 0. The van der Waals surface area contributed by atoms with Crippen molar-refractivity contribution in [2.45, 2.75) is 43.7 Å². The summed E-state index contributed by atoms with van der Waals surface area (Å²) in [5.41, 5.74) is 2.53. The van der Waals surface area contributed by atoms with Gasteiger partial charge in [0.05, 0.1) is 11.5 Å². The van der Waals surface area contributed by atoms with Crippen molar-refractivity contribution in [1.82, 2.24) is 14.9 Å². The van der Waals surface area contributed by atoms with Crippen LogP contribution in [0.3, 0.4) is 0 Å². The van der Waals surface area contributed by atoms with Crippen LogP contribution in [-0.4, -0.2) is 50.3 Å². The number of nitrogens with zero attached hydrogens (tertiary/aromatic N) is 1. The van der Waals surface area contributed by atoms with Crippen LogP contribution in [0.5, 0.6) is 5.75 Å². The minimum Gasteiger partial charge on any atom is -0.493 e. The maximum Gasteiger partial charge on any atom is 0.251 e. The van der Waals surface area contributed by atoms with E-state index in [1.165, 1.54) is 34.6 Å². The number of carbonyl (C=O) groups excluding carboxylic acids is 2. The first-order valence-electron chi connectivity index (χ1n) is 11.8. The molecule has 2 N–H and O–H groups in total. The standard InChI is InChI=1S/C26H31N3O5S/c1-3-25(30)28-23-12-13-29(17-18(23)2)35(32,33)22-9-7-20(8-10-22)26(31)27-16-19-6-11-24-21(15-19)5-4-14-34-24/h3,6-11,15,18,23H,1,4-5,12-14,16-17H2,2H3,(H,27,31)(H,28,30). The number of piperidine rings is 1. The first-order chi connectivity index (χ1) is 16.8. The summed E-state index contributed by atoms with van der Waals surface area (Å²) in [7, 11) is -3.70. The maximum absolute atomic E-state index is 13.1. The first kappa shape index (κ1) is 24.9. The molecule has 1 fully saturated rings. The summed E-state index contributed by atoms with van der Waals surface area (Å²) in [6.45, 7) is 7.10. The average molecular weight is 498 g/mol. The summed E-state index contributed by atoms with van der Waals surface area (Å²) in [6.07, 6.45) is 3.69. The van der Waals surface area contributed by atoms with Crippen molar-refractivity contribution in [2.75, 3.05) is 19.7 Å². The molecule has 9 heteroatoms. The second-order valence-electron chi connectivity index (χ2n) is 9.05. The largest absolute Gasteiger partial charge is 0.493 e. The van der Waals surface area contributed by atoms with Crippen molar-refractivity contribution in [3.05, 3.63) is 71.8 Å². The predicted molar refractivity (Wildman–Crippen MR) is 133 cm³/mol. The molecule has 0 aliphatic carbocycles. The Kier molecular flexibility index (Phi) is 7.57. The second kappa shape index (κ2) is 10.6. The van der Waals surface area contributed by atoms with Gasteiger partial charge in [-0.2, -0.15) is 4.31 Å². The van der Waals surface area contributed by atoms with Crippen LogP contribution in [0.4, 0.5) is 0 Å². The van der Waals surface area contributed by atoms with Crippen LogP contribution in [0.1, 0.15) is 41.3 Å². The fourth-order valence-corrected chi connectivity index (χ4v) is 6.07. The Hall–Kier alpha value is -3.17. The third kappa shape index (κ3) is 5.74. The highest BCUT2D eigenvalue weighted by Gasteiger charge is 2.34. The number of ether oxygens (including phenoxy) is 1. The molecule has 2 aliphatic rings. The van der Waals surface area contributed by atoms with Crippen molar-refractivity contribution < 1.29 is 22.7 Å². The number of carbonyl (C=O) groups is 2. The zero-order chi connectivity index (χ0) is 25.0. The second-order valence-corrected chi connectivity index (χ2v) is 11.0. The molecule has 2 aliphatic heterocycles. The van der Waals surface area contributed by atoms with Gasteiger partial charge in [-0.1, -0.05) is 25.6 Å². The number of aryl methyl sites for hydroxylation is 1. The van der Waals surface area contributed by atoms with Crippen LogP contribution in [0.25, 0.3) is 0 Å². The third-order valence-corrected chi connectivity index (χ3v) is 8.44. The van der Waals surface area contributed by atoms with Crippen molar-refractivity contribution in [2.24, 2.45) is 5.92 Å². The van der Waals surface area contributed by atoms with Gasteiger partial charge in [0.25, 0.3) is 5.91 Å². The van der Waals surface area contributed by atoms with Crippen LogP contribution < -0.4 is 15.4 Å². The van der Waals surface area contributed by atoms with Crippen molar-refractivity contribution in [3.63, 3.8) is 0 Å². The zero-order valence-corrected chi connectivity index (χ0v) is 20.6. The number of amides is 2. The SMILES string of the molecule is C=CC(=O)NC1CCN(S(=O)(=O)c2ccc(C(=O)NCc3ccc4c(c3)CCCO4)cc2)CC1C. The van der Waals surface area contributed by atoms with Gasteiger partial charge in [-0.05, 0) is 72.7 Å². The molecule has 0 bridgehead atoms. The molecule has 2 unspecified atom stereocenters. The maximum atomic E-state index is 13.1. The summed E-state index contributed by atoms with van der Waals surface area (Å²) in [4.78, 5) is 24.4. The molecule has 35 heavy (non-hydrogen) atoms. The highest BCUT2D eigenvalue weighted by atomic mass is 32.2. The Morgan fingerprint density at radius 1 is 1.20 bits per heavy atom. The van der Waals surface area contributed by atoms with E-state index in [-0.39, 0.29) is 28.7 Å². The number of nitrogens with one attached hydrogen (secondary N) is 2. The van der Waals surface area contributed by atoms with Gasteiger partial charge in [-0.3, -0.25) is 9.59 Å². The number of sulfonamides is 1. The Balaban J connectivity index is 1.36. The lowest BCUT2D eigenvalue weighted by molar-refractivity contribution is -0.117. The van der Waals surface area contributed by atoms with Crippen LogP contribution in [0.2, 0.25) is 0 Å². The quantitative estimate of drug-likeness (QED) is 0.573. The zero-order valence-electron chi connectivity index (χ0n) is 19.8. The molecule has 2 aromatic rings. The van der Waals surface area contributed by atoms with Gasteiger partial charge in [0, 0.05) is 31.2 Å². The molecular weight excluding hydrogens is 466 g/mol. The van der Waals surface area contributed by atoms with E-state index in [0.29, 0.717) is 31.6 Å². The van der Waals surface area contributed by atoms with E-state index in [4.69, 9.17) is 4.74 Å². The smallest absolute Gasteiger partial charge is 0.251 e. The molecule has 1 saturated heterocycles. The van der Waals surface area contributed by atoms with Crippen molar-refractivity contribution >= 4 is 21.8 Å². The van der Waals surface area contributed by atoms with Crippen molar-refractivity contribution in [1.29, 1.82) is 0 Å². The number of rotatable bonds is 7. The van der Waals surface area contributed by atoms with E-state index in [9.17, 15) is 18.0 Å². The summed E-state index contributed by atoms with van der Waals surface area (Å²) < 4.78 is 33.3. The Morgan fingerprint density at radius 2 is 1.97 bits per heavy atom. The van der Waals surface area contributed by atoms with Crippen LogP contribution in [0, 0.1) is 5.92 Å². The molecule has 2 atom stereocenters. The molecule has 0 spiro atoms. The van der Waals surface area contributed by atoms with Gasteiger partial charge in [0.2, 0.25) is 15.9 Å². The monoisotopic (exact) mass is 497 g/mol. The van der Waals surface area contributed by atoms with Gasteiger partial charge in [-0.15, -0.1) is 0 Å². The van der Waals surface area contributed by atoms with Gasteiger partial charge in [-0.25, -0.2) is 8.42 Å². The summed E-state index contributed by atoms with van der Waals surface area (Å²) in [5.74, 6) is 0.342. The van der Waals surface area contributed by atoms with Gasteiger partial charge < -0.3 is 15.4 Å². The molecule has 0 saturated carbocycles. The van der Waals surface area contributed by atoms with Gasteiger partial charge >= 0.3 is 0 Å². The highest BCUT2D eigenvalue weighted by molar-refractivity contribution is 7.89. The van der Waals surface area contributed by atoms with E-state index >= 15 is 0 Å². The lowest BCUT2D eigenvalue weighted by Crippen LogP contribution is -2.51. The minimum absolute atomic E-state index is 0.0392. The molecule has 2 heterocycles. The number of benzene rings is 2. The van der Waals surface area contributed by atoms with E-state index < -0.39 is 10.0 Å². The predicted octanol–water partition coefficient (Wildman–Crippen LogP) is 2.64. The van der Waals surface area contributed by atoms with E-state index in [1.54, 1.807) is 0 Å². The molecule has 2 aromatic carbocycles. The molecule has 0 radical (unpaired) electrons. The van der Waals surface area contributed by atoms with Gasteiger partial charge in [0.15, 0.2) is 0 Å². The Labute approximate surface area is 206 Å². The average Bonchev–Trinajstić information content (AvgIpc) is 2.88. The topological polar surface area (TPSA) is 105 Å². The van der Waals surface area contributed by atoms with Crippen molar-refractivity contribution in [3.8, 4) is 5.75 Å². The molecule has 186 valence electrons. The van der Waals surface area contributed by atoms with E-state index in [2.05, 4.69) is 23.3 Å². The fourth-order valence-electron chi connectivity index (χ4n) is 4.52. The van der Waals surface area contributed by atoms with E-state index in [1.807, 2.05) is 19.1 Å². The molecule has 2 amide bonds. The Morgan fingerprint density at radius 3 is 2.69 bits per heavy atom. The molecule has 4 rings (SSSR count). The number of hydrogen-bond acceptors (Lipinski definition) is 5. The van der Waals surface area contributed by atoms with E-state index in [0.717, 1.165) is 36.3 Å².